The highest BCUT2D eigenvalue weighted by molar-refractivity contribution is 6.31. The molecule has 4 aromatic rings. The molecule has 2 N–H and O–H groups in total. The number of carbonyl (C=O) groups is 2. The number of rotatable bonds is 4. The van der Waals surface area contributed by atoms with Gasteiger partial charge < -0.3 is 15.2 Å². The van der Waals surface area contributed by atoms with E-state index in [4.69, 9.17) is 16.3 Å². The Kier molecular flexibility index (Phi) is 8.14. The van der Waals surface area contributed by atoms with Crippen molar-refractivity contribution in [3.05, 3.63) is 121 Å². The summed E-state index contributed by atoms with van der Waals surface area (Å²) in [6.07, 6.45) is -3.25. The number of fused-ring (bicyclic) bond motifs is 6. The SMILES string of the molecule is Cc1cccc2c1-c1cc(C3CC3)c(F)c(c1)[C@@H](CC(=O)O)NC(=O)[C@@H](n1ccc(C(F)(F)F)cc1=O)c1cc(ccc1Cl)CO2. The van der Waals surface area contributed by atoms with Crippen molar-refractivity contribution >= 4 is 23.5 Å². The molecule has 1 amide bonds. The Morgan fingerprint density at radius 2 is 1.78 bits per heavy atom. The lowest BCUT2D eigenvalue weighted by Gasteiger charge is -2.27. The van der Waals surface area contributed by atoms with Gasteiger partial charge in [-0.1, -0.05) is 29.8 Å². The average Bonchev–Trinajstić information content (AvgIpc) is 3.83. The van der Waals surface area contributed by atoms with E-state index in [1.165, 1.54) is 18.2 Å². The number of carboxylic acids is 1. The number of amides is 1. The van der Waals surface area contributed by atoms with Crippen molar-refractivity contribution in [2.45, 2.75) is 57.0 Å². The number of benzene rings is 3. The molecule has 46 heavy (non-hydrogen) atoms. The first kappa shape index (κ1) is 31.3. The van der Waals surface area contributed by atoms with Crippen LogP contribution < -0.4 is 15.6 Å². The fourth-order valence-electron chi connectivity index (χ4n) is 5.90. The summed E-state index contributed by atoms with van der Waals surface area (Å²) < 4.78 is 63.5. The fraction of sp³-hybridized carbons (Fsp3) is 0.265. The number of aliphatic carboxylic acids is 1. The van der Waals surface area contributed by atoms with Gasteiger partial charge in [0.2, 0.25) is 5.91 Å². The van der Waals surface area contributed by atoms with Crippen LogP contribution in [0.5, 0.6) is 5.75 Å². The standard InChI is InChI=1S/C34H27ClF4N2O5/c1-17-3-2-4-27-30(17)20-12-22(19-6-7-19)31(36)24(13-20)26(15-29(43)44)40-33(45)32(23-11-18(16-46-27)5-8-25(23)35)41-10-9-21(14-28(41)42)34(37,38)39/h2-5,8-14,19,26,32H,6-7,15-16H2,1H3,(H,40,45)(H,43,44)/t26-,32+/m1/s1. The summed E-state index contributed by atoms with van der Waals surface area (Å²) in [5.74, 6) is -2.59. The summed E-state index contributed by atoms with van der Waals surface area (Å²) in [6, 6.07) is 11.2. The van der Waals surface area contributed by atoms with Gasteiger partial charge in [-0.25, -0.2) is 4.39 Å². The van der Waals surface area contributed by atoms with Crippen molar-refractivity contribution in [1.29, 1.82) is 0 Å². The zero-order valence-electron chi connectivity index (χ0n) is 24.3. The van der Waals surface area contributed by atoms with Gasteiger partial charge in [0.25, 0.3) is 5.56 Å². The van der Waals surface area contributed by atoms with Gasteiger partial charge in [0.1, 0.15) is 24.2 Å². The van der Waals surface area contributed by atoms with E-state index >= 15 is 4.39 Å². The minimum atomic E-state index is -4.82. The van der Waals surface area contributed by atoms with Crippen LogP contribution in [0.25, 0.3) is 11.1 Å². The molecule has 4 bridgehead atoms. The topological polar surface area (TPSA) is 97.6 Å². The molecule has 0 saturated heterocycles. The zero-order valence-corrected chi connectivity index (χ0v) is 25.1. The second kappa shape index (κ2) is 11.9. The maximum atomic E-state index is 16.3. The Balaban J connectivity index is 1.60. The van der Waals surface area contributed by atoms with E-state index in [2.05, 4.69) is 5.32 Å². The molecule has 2 atom stereocenters. The van der Waals surface area contributed by atoms with Gasteiger partial charge in [-0.15, -0.1) is 0 Å². The third-order valence-electron chi connectivity index (χ3n) is 8.29. The second-order valence-electron chi connectivity index (χ2n) is 11.6. The molecule has 0 spiro atoms. The molecule has 1 saturated carbocycles. The number of nitrogens with zero attached hydrogens (tertiary/aromatic N) is 1. The Morgan fingerprint density at radius 1 is 1.04 bits per heavy atom. The predicted octanol–water partition coefficient (Wildman–Crippen LogP) is 7.33. The number of ether oxygens (including phenoxy) is 1. The number of hydrogen-bond acceptors (Lipinski definition) is 4. The molecular formula is C34H27ClF4N2O5. The number of nitrogens with one attached hydrogen (secondary N) is 1. The third kappa shape index (κ3) is 6.11. The van der Waals surface area contributed by atoms with Crippen LogP contribution in [0.1, 0.15) is 70.6 Å². The van der Waals surface area contributed by atoms with Gasteiger partial charge in [0, 0.05) is 34.0 Å². The molecule has 3 aromatic carbocycles. The van der Waals surface area contributed by atoms with Crippen molar-refractivity contribution in [3.8, 4) is 16.9 Å². The summed E-state index contributed by atoms with van der Waals surface area (Å²) in [4.78, 5) is 39.4. The van der Waals surface area contributed by atoms with Gasteiger partial charge in [-0.05, 0) is 84.3 Å². The van der Waals surface area contributed by atoms with Crippen LogP contribution in [-0.2, 0) is 22.4 Å². The molecule has 12 heteroatoms. The molecule has 1 fully saturated rings. The van der Waals surface area contributed by atoms with E-state index in [-0.39, 0.29) is 28.7 Å². The summed E-state index contributed by atoms with van der Waals surface area (Å²) in [5, 5.41) is 12.5. The molecule has 238 valence electrons. The highest BCUT2D eigenvalue weighted by Gasteiger charge is 2.36. The van der Waals surface area contributed by atoms with E-state index in [1.807, 2.05) is 13.0 Å². The van der Waals surface area contributed by atoms with Crippen LogP contribution in [0.15, 0.2) is 71.7 Å². The number of carbonyl (C=O) groups excluding carboxylic acids is 1. The van der Waals surface area contributed by atoms with Crippen molar-refractivity contribution in [2.75, 3.05) is 0 Å². The second-order valence-corrected chi connectivity index (χ2v) is 12.0. The first-order valence-corrected chi connectivity index (χ1v) is 14.9. The van der Waals surface area contributed by atoms with Gasteiger partial charge in [0.15, 0.2) is 0 Å². The number of carboxylic acid groups (broad SMARTS) is 1. The van der Waals surface area contributed by atoms with E-state index in [9.17, 15) is 32.7 Å². The molecule has 1 aliphatic heterocycles. The normalized spacial score (nSPS) is 18.2. The predicted molar refractivity (Wildman–Crippen MR) is 161 cm³/mol. The summed E-state index contributed by atoms with van der Waals surface area (Å²) in [7, 11) is 0. The quantitative estimate of drug-likeness (QED) is 0.225. The van der Waals surface area contributed by atoms with Crippen LogP contribution in [0.3, 0.4) is 0 Å². The molecule has 2 aliphatic rings. The van der Waals surface area contributed by atoms with Crippen molar-refractivity contribution < 1.29 is 37.0 Å². The maximum absolute atomic E-state index is 16.3. The smallest absolute Gasteiger partial charge is 0.416 e. The number of pyridine rings is 1. The molecule has 0 unspecified atom stereocenters. The maximum Gasteiger partial charge on any atom is 0.416 e. The molecule has 1 aliphatic carbocycles. The van der Waals surface area contributed by atoms with Gasteiger partial charge in [0.05, 0.1) is 18.0 Å². The Hall–Kier alpha value is -4.64. The first-order chi connectivity index (χ1) is 21.8. The molecule has 7 nitrogen and oxygen atoms in total. The van der Waals surface area contributed by atoms with Crippen LogP contribution in [0.2, 0.25) is 5.02 Å². The van der Waals surface area contributed by atoms with E-state index in [1.54, 1.807) is 24.3 Å². The molecule has 0 radical (unpaired) electrons. The summed E-state index contributed by atoms with van der Waals surface area (Å²) in [5.41, 5.74) is 0.563. The zero-order chi connectivity index (χ0) is 32.9. The number of halogens is 5. The number of hydrogen-bond donors (Lipinski definition) is 2. The van der Waals surface area contributed by atoms with Crippen molar-refractivity contribution in [3.63, 3.8) is 0 Å². The first-order valence-electron chi connectivity index (χ1n) is 14.5. The Morgan fingerprint density at radius 3 is 2.46 bits per heavy atom. The average molecular weight is 655 g/mol. The summed E-state index contributed by atoms with van der Waals surface area (Å²) >= 11 is 6.54. The lowest BCUT2D eigenvalue weighted by Crippen LogP contribution is -2.40. The minimum absolute atomic E-state index is 0.0119. The van der Waals surface area contributed by atoms with Crippen LogP contribution in [-0.4, -0.2) is 21.6 Å². The molecular weight excluding hydrogens is 628 g/mol. The van der Waals surface area contributed by atoms with Crippen LogP contribution in [0, 0.1) is 12.7 Å². The highest BCUT2D eigenvalue weighted by Crippen LogP contribution is 2.46. The van der Waals surface area contributed by atoms with E-state index in [0.717, 1.165) is 29.2 Å². The number of aromatic nitrogens is 1. The lowest BCUT2D eigenvalue weighted by atomic mass is 9.90. The minimum Gasteiger partial charge on any atom is -0.488 e. The number of aryl methyl sites for hydroxylation is 1. The lowest BCUT2D eigenvalue weighted by molar-refractivity contribution is -0.138. The van der Waals surface area contributed by atoms with E-state index < -0.39 is 53.5 Å². The largest absolute Gasteiger partial charge is 0.488 e. The van der Waals surface area contributed by atoms with Gasteiger partial charge in [-0.2, -0.15) is 13.2 Å². The van der Waals surface area contributed by atoms with Gasteiger partial charge in [-0.3, -0.25) is 19.0 Å². The van der Waals surface area contributed by atoms with Crippen LogP contribution >= 0.6 is 11.6 Å². The third-order valence-corrected chi connectivity index (χ3v) is 8.64. The molecule has 2 heterocycles. The van der Waals surface area contributed by atoms with Crippen molar-refractivity contribution in [2.24, 2.45) is 0 Å². The Bertz CT molecular complexity index is 1940. The molecule has 1 aromatic heterocycles. The monoisotopic (exact) mass is 654 g/mol. The highest BCUT2D eigenvalue weighted by atomic mass is 35.5. The fourth-order valence-corrected chi connectivity index (χ4v) is 6.13. The van der Waals surface area contributed by atoms with Crippen LogP contribution in [0.4, 0.5) is 17.6 Å². The van der Waals surface area contributed by atoms with Crippen molar-refractivity contribution in [1.82, 2.24) is 9.88 Å². The summed E-state index contributed by atoms with van der Waals surface area (Å²) in [6.45, 7) is 1.86. The Labute approximate surface area is 265 Å². The van der Waals surface area contributed by atoms with E-state index in [0.29, 0.717) is 40.1 Å². The van der Waals surface area contributed by atoms with Gasteiger partial charge >= 0.3 is 12.1 Å². The molecule has 6 rings (SSSR count). The number of alkyl halides is 3.